The summed E-state index contributed by atoms with van der Waals surface area (Å²) in [6.45, 7) is 4.95. The Labute approximate surface area is 193 Å². The highest BCUT2D eigenvalue weighted by Crippen LogP contribution is 2.20. The van der Waals surface area contributed by atoms with Crippen LogP contribution in [-0.4, -0.2) is 37.3 Å². The quantitative estimate of drug-likeness (QED) is 0.281. The van der Waals surface area contributed by atoms with Gasteiger partial charge >= 0.3 is 11.9 Å². The number of carbonyl (C=O) groups excluding carboxylic acids is 2. The first kappa shape index (κ1) is 25.8. The molecule has 0 spiro atoms. The maximum atomic E-state index is 12.3. The van der Waals surface area contributed by atoms with Gasteiger partial charge in [-0.3, -0.25) is 8.98 Å². The molecule has 2 rings (SSSR count). The van der Waals surface area contributed by atoms with Crippen LogP contribution in [-0.2, 0) is 40.0 Å². The standard InChI is InChI=1S/C23H27ClO7S/c1-23(2,3)30-22(26)20(31-32(27,28)16-24)13-14-21(25)29-15-17-9-11-19(12-10-17)18-7-5-4-6-8-18/h4-12,20H,13-16H2,1-3H3/t20-/m0/s1. The first-order valence-corrected chi connectivity index (χ1v) is 12.1. The maximum absolute atomic E-state index is 12.3. The Hall–Kier alpha value is -2.42. The fraction of sp³-hybridized carbons (Fsp3) is 0.391. The molecule has 0 aromatic heterocycles. The van der Waals surface area contributed by atoms with Crippen LogP contribution in [0.2, 0.25) is 0 Å². The Bertz CT molecular complexity index is 997. The van der Waals surface area contributed by atoms with E-state index in [2.05, 4.69) is 0 Å². The molecule has 0 fully saturated rings. The van der Waals surface area contributed by atoms with E-state index in [1.807, 2.05) is 54.6 Å². The number of hydrogen-bond donors (Lipinski definition) is 0. The minimum Gasteiger partial charge on any atom is -0.461 e. The molecule has 2 aromatic rings. The van der Waals surface area contributed by atoms with E-state index < -0.39 is 39.0 Å². The van der Waals surface area contributed by atoms with Gasteiger partial charge in [-0.15, -0.1) is 11.6 Å². The monoisotopic (exact) mass is 482 g/mol. The van der Waals surface area contributed by atoms with Crippen molar-refractivity contribution in [1.82, 2.24) is 0 Å². The third-order valence-electron chi connectivity index (χ3n) is 4.14. The van der Waals surface area contributed by atoms with Gasteiger partial charge in [0.15, 0.2) is 6.10 Å². The molecule has 0 saturated heterocycles. The molecule has 32 heavy (non-hydrogen) atoms. The van der Waals surface area contributed by atoms with Gasteiger partial charge in [0.1, 0.15) is 17.4 Å². The fourth-order valence-corrected chi connectivity index (χ4v) is 3.42. The molecule has 1 atom stereocenters. The first-order valence-electron chi connectivity index (χ1n) is 9.99. The number of ether oxygens (including phenoxy) is 2. The lowest BCUT2D eigenvalue weighted by molar-refractivity contribution is -0.164. The van der Waals surface area contributed by atoms with Gasteiger partial charge in [0.25, 0.3) is 10.1 Å². The van der Waals surface area contributed by atoms with Crippen molar-refractivity contribution < 1.29 is 31.7 Å². The Morgan fingerprint density at radius 2 is 1.56 bits per heavy atom. The van der Waals surface area contributed by atoms with Gasteiger partial charge in [0, 0.05) is 6.42 Å². The molecule has 7 nitrogen and oxygen atoms in total. The fourth-order valence-electron chi connectivity index (χ4n) is 2.68. The summed E-state index contributed by atoms with van der Waals surface area (Å²) in [5, 5.41) is -0.824. The van der Waals surface area contributed by atoms with Crippen LogP contribution in [0.25, 0.3) is 11.1 Å². The molecule has 2 aromatic carbocycles. The average molecular weight is 483 g/mol. The van der Waals surface area contributed by atoms with E-state index in [0.717, 1.165) is 16.7 Å². The van der Waals surface area contributed by atoms with Crippen molar-refractivity contribution >= 4 is 33.7 Å². The van der Waals surface area contributed by atoms with Crippen molar-refractivity contribution in [2.24, 2.45) is 0 Å². The van der Waals surface area contributed by atoms with Crippen LogP contribution in [0.4, 0.5) is 0 Å². The first-order chi connectivity index (χ1) is 15.0. The highest BCUT2D eigenvalue weighted by molar-refractivity contribution is 7.87. The summed E-state index contributed by atoms with van der Waals surface area (Å²) in [7, 11) is -4.14. The van der Waals surface area contributed by atoms with Crippen molar-refractivity contribution in [3.05, 3.63) is 60.2 Å². The maximum Gasteiger partial charge on any atom is 0.337 e. The van der Waals surface area contributed by atoms with Gasteiger partial charge in [0.2, 0.25) is 0 Å². The highest BCUT2D eigenvalue weighted by atomic mass is 35.5. The molecule has 0 bridgehead atoms. The molecular weight excluding hydrogens is 456 g/mol. The molecule has 0 unspecified atom stereocenters. The molecule has 0 radical (unpaired) electrons. The van der Waals surface area contributed by atoms with Crippen molar-refractivity contribution in [1.29, 1.82) is 0 Å². The Morgan fingerprint density at radius 1 is 0.969 bits per heavy atom. The van der Waals surface area contributed by atoms with E-state index in [-0.39, 0.29) is 19.4 Å². The van der Waals surface area contributed by atoms with Crippen LogP contribution in [0.5, 0.6) is 0 Å². The van der Waals surface area contributed by atoms with Gasteiger partial charge in [-0.25, -0.2) is 4.79 Å². The number of carbonyl (C=O) groups is 2. The van der Waals surface area contributed by atoms with E-state index in [9.17, 15) is 18.0 Å². The zero-order valence-corrected chi connectivity index (χ0v) is 19.8. The van der Waals surface area contributed by atoms with Gasteiger partial charge in [-0.05, 0) is 43.9 Å². The SMILES string of the molecule is CC(C)(C)OC(=O)[C@H](CCC(=O)OCc1ccc(-c2ccccc2)cc1)OS(=O)(=O)CCl. The predicted octanol–water partition coefficient (Wildman–Crippen LogP) is 4.43. The zero-order chi connectivity index (χ0) is 23.8. The number of hydrogen-bond acceptors (Lipinski definition) is 7. The smallest absolute Gasteiger partial charge is 0.337 e. The van der Waals surface area contributed by atoms with Crippen LogP contribution in [0, 0.1) is 0 Å². The number of esters is 2. The summed E-state index contributed by atoms with van der Waals surface area (Å²) in [5.74, 6) is -1.49. The van der Waals surface area contributed by atoms with Gasteiger partial charge in [-0.2, -0.15) is 8.42 Å². The van der Waals surface area contributed by atoms with Crippen LogP contribution in [0.15, 0.2) is 54.6 Å². The summed E-state index contributed by atoms with van der Waals surface area (Å²) in [6, 6.07) is 17.4. The summed E-state index contributed by atoms with van der Waals surface area (Å²) in [4.78, 5) is 24.4. The number of alkyl halides is 1. The molecule has 0 aliphatic heterocycles. The normalized spacial score (nSPS) is 12.8. The minimum atomic E-state index is -4.14. The third kappa shape index (κ3) is 8.98. The zero-order valence-electron chi connectivity index (χ0n) is 18.2. The molecule has 0 amide bonds. The minimum absolute atomic E-state index is 0.0475. The highest BCUT2D eigenvalue weighted by Gasteiger charge is 2.31. The van der Waals surface area contributed by atoms with E-state index in [4.69, 9.17) is 25.3 Å². The predicted molar refractivity (Wildman–Crippen MR) is 121 cm³/mol. The summed E-state index contributed by atoms with van der Waals surface area (Å²) < 4.78 is 38.6. The molecule has 0 aliphatic carbocycles. The van der Waals surface area contributed by atoms with Crippen LogP contribution in [0.3, 0.4) is 0 Å². The topological polar surface area (TPSA) is 96.0 Å². The summed E-state index contributed by atoms with van der Waals surface area (Å²) in [5.41, 5.74) is 2.06. The number of rotatable bonds is 10. The second-order valence-corrected chi connectivity index (χ2v) is 10.2. The number of halogens is 1. The molecule has 0 saturated carbocycles. The van der Waals surface area contributed by atoms with E-state index in [1.165, 1.54) is 0 Å². The lowest BCUT2D eigenvalue weighted by Crippen LogP contribution is -2.35. The summed E-state index contributed by atoms with van der Waals surface area (Å²) in [6.07, 6.45) is -1.95. The van der Waals surface area contributed by atoms with Gasteiger partial charge in [-0.1, -0.05) is 54.6 Å². The van der Waals surface area contributed by atoms with E-state index in [1.54, 1.807) is 20.8 Å². The average Bonchev–Trinajstić information content (AvgIpc) is 2.75. The molecule has 0 N–H and O–H groups in total. The third-order valence-corrected chi connectivity index (χ3v) is 5.73. The molecular formula is C23H27ClO7S. The summed E-state index contributed by atoms with van der Waals surface area (Å²) >= 11 is 5.35. The largest absolute Gasteiger partial charge is 0.461 e. The van der Waals surface area contributed by atoms with Crippen molar-refractivity contribution in [3.8, 4) is 11.1 Å². The van der Waals surface area contributed by atoms with Crippen LogP contribution < -0.4 is 0 Å². The van der Waals surface area contributed by atoms with E-state index >= 15 is 0 Å². The molecule has 9 heteroatoms. The van der Waals surface area contributed by atoms with Crippen LogP contribution in [0.1, 0.15) is 39.2 Å². The van der Waals surface area contributed by atoms with Gasteiger partial charge < -0.3 is 9.47 Å². The van der Waals surface area contributed by atoms with Crippen molar-refractivity contribution in [2.45, 2.75) is 51.9 Å². The van der Waals surface area contributed by atoms with Gasteiger partial charge in [0.05, 0.1) is 0 Å². The van der Waals surface area contributed by atoms with Crippen molar-refractivity contribution in [3.63, 3.8) is 0 Å². The molecule has 174 valence electrons. The lowest BCUT2D eigenvalue weighted by Gasteiger charge is -2.23. The second kappa shape index (κ2) is 11.4. The Morgan fingerprint density at radius 3 is 2.12 bits per heavy atom. The lowest BCUT2D eigenvalue weighted by atomic mass is 10.0. The second-order valence-electron chi connectivity index (χ2n) is 8.05. The molecule has 0 aliphatic rings. The van der Waals surface area contributed by atoms with E-state index in [0.29, 0.717) is 0 Å². The van der Waals surface area contributed by atoms with Crippen molar-refractivity contribution in [2.75, 3.05) is 5.21 Å². The Kier molecular flexibility index (Phi) is 9.24. The Balaban J connectivity index is 1.91. The molecule has 0 heterocycles. The number of benzene rings is 2. The van der Waals surface area contributed by atoms with Crippen LogP contribution >= 0.6 is 11.6 Å².